The predicted molar refractivity (Wildman–Crippen MR) is 155 cm³/mol. The van der Waals surface area contributed by atoms with Gasteiger partial charge in [-0.2, -0.15) is 0 Å². The van der Waals surface area contributed by atoms with E-state index in [1.165, 1.54) is 24.1 Å². The first-order chi connectivity index (χ1) is 19.5. The molecule has 0 heterocycles. The normalized spacial score (nSPS) is 12.0. The maximum absolute atomic E-state index is 13.9. The van der Waals surface area contributed by atoms with Crippen molar-refractivity contribution in [2.24, 2.45) is 0 Å². The molecule has 3 rings (SSSR count). The lowest BCUT2D eigenvalue weighted by atomic mass is 10.1. The highest BCUT2D eigenvalue weighted by Gasteiger charge is 2.32. The van der Waals surface area contributed by atoms with Crippen LogP contribution in [0, 0.1) is 5.82 Å². The van der Waals surface area contributed by atoms with Crippen LogP contribution in [0.2, 0.25) is 0 Å². The Kier molecular flexibility index (Phi) is 10.7. The van der Waals surface area contributed by atoms with Gasteiger partial charge in [0.2, 0.25) is 11.8 Å². The van der Waals surface area contributed by atoms with E-state index in [9.17, 15) is 22.4 Å². The van der Waals surface area contributed by atoms with Gasteiger partial charge >= 0.3 is 0 Å². The lowest BCUT2D eigenvalue weighted by Gasteiger charge is -2.32. The number of rotatable bonds is 13. The SMILES string of the molecule is CCOc1ccc(N(CC(=O)N(Cc2cccc(OC)c2)C(C)C(=O)NC(C)C)S(=O)(=O)c2ccc(F)cc2)cc1. The Hall–Kier alpha value is -4.12. The van der Waals surface area contributed by atoms with Crippen LogP contribution in [0.15, 0.2) is 77.7 Å². The van der Waals surface area contributed by atoms with Crippen LogP contribution < -0.4 is 19.1 Å². The minimum Gasteiger partial charge on any atom is -0.497 e. The molecule has 2 amide bonds. The summed E-state index contributed by atoms with van der Waals surface area (Å²) in [6.07, 6.45) is 0. The molecule has 1 unspecified atom stereocenters. The second kappa shape index (κ2) is 14.0. The second-order valence-corrected chi connectivity index (χ2v) is 11.5. The average Bonchev–Trinajstić information content (AvgIpc) is 2.94. The first-order valence-corrected chi connectivity index (χ1v) is 14.6. The minimum atomic E-state index is -4.32. The van der Waals surface area contributed by atoms with Crippen LogP contribution in [0.25, 0.3) is 0 Å². The van der Waals surface area contributed by atoms with E-state index in [1.807, 2.05) is 20.8 Å². The summed E-state index contributed by atoms with van der Waals surface area (Å²) < 4.78 is 53.0. The fraction of sp³-hybridized carbons (Fsp3) is 0.333. The predicted octanol–water partition coefficient (Wildman–Crippen LogP) is 4.37. The Morgan fingerprint density at radius 2 is 1.61 bits per heavy atom. The fourth-order valence-electron chi connectivity index (χ4n) is 4.09. The van der Waals surface area contributed by atoms with E-state index in [0.717, 1.165) is 28.6 Å². The summed E-state index contributed by atoms with van der Waals surface area (Å²) in [4.78, 5) is 28.1. The lowest BCUT2D eigenvalue weighted by molar-refractivity contribution is -0.139. The number of carbonyl (C=O) groups excluding carboxylic acids is 2. The number of nitrogens with one attached hydrogen (secondary N) is 1. The van der Waals surface area contributed by atoms with Crippen LogP contribution in [0.1, 0.15) is 33.3 Å². The van der Waals surface area contributed by atoms with Crippen LogP contribution in [0.4, 0.5) is 10.1 Å². The van der Waals surface area contributed by atoms with Crippen molar-refractivity contribution >= 4 is 27.5 Å². The molecular weight excluding hydrogens is 549 g/mol. The van der Waals surface area contributed by atoms with Crippen LogP contribution in [0.3, 0.4) is 0 Å². The molecular formula is C30H36FN3O6S. The summed E-state index contributed by atoms with van der Waals surface area (Å²) in [5.41, 5.74) is 0.891. The zero-order chi connectivity index (χ0) is 30.2. The van der Waals surface area contributed by atoms with E-state index in [2.05, 4.69) is 5.32 Å². The number of nitrogens with zero attached hydrogens (tertiary/aromatic N) is 2. The molecule has 1 N–H and O–H groups in total. The average molecular weight is 586 g/mol. The molecule has 0 aliphatic carbocycles. The standard InChI is InChI=1S/C30H36FN3O6S/c1-6-40-26-14-12-25(13-15-26)34(41(37,38)28-16-10-24(31)11-17-28)20-29(35)33(22(4)30(36)32-21(2)3)19-23-8-7-9-27(18-23)39-5/h7-18,21-22H,6,19-20H2,1-5H3,(H,32,36). The van der Waals surface area contributed by atoms with Gasteiger partial charge in [0, 0.05) is 12.6 Å². The zero-order valence-corrected chi connectivity index (χ0v) is 24.7. The molecule has 1 atom stereocenters. The number of hydrogen-bond acceptors (Lipinski definition) is 6. The number of halogens is 1. The molecule has 0 saturated heterocycles. The third kappa shape index (κ3) is 8.20. The van der Waals surface area contributed by atoms with Gasteiger partial charge in [0.05, 0.1) is 24.3 Å². The summed E-state index contributed by atoms with van der Waals surface area (Å²) in [7, 11) is -2.79. The number of methoxy groups -OCH3 is 1. The lowest BCUT2D eigenvalue weighted by Crippen LogP contribution is -2.52. The summed E-state index contributed by atoms with van der Waals surface area (Å²) in [5.74, 6) is -0.490. The molecule has 0 radical (unpaired) electrons. The van der Waals surface area contributed by atoms with Crippen LogP contribution >= 0.6 is 0 Å². The van der Waals surface area contributed by atoms with Crippen molar-refractivity contribution in [3.05, 3.63) is 84.2 Å². The van der Waals surface area contributed by atoms with Crippen molar-refractivity contribution in [3.63, 3.8) is 0 Å². The Balaban J connectivity index is 2.04. The Labute approximate surface area is 240 Å². The Morgan fingerprint density at radius 1 is 0.951 bits per heavy atom. The van der Waals surface area contributed by atoms with Gasteiger partial charge in [0.25, 0.3) is 10.0 Å². The molecule has 0 aromatic heterocycles. The Morgan fingerprint density at radius 3 is 2.20 bits per heavy atom. The number of carbonyl (C=O) groups is 2. The number of ether oxygens (including phenoxy) is 2. The smallest absolute Gasteiger partial charge is 0.264 e. The van der Waals surface area contributed by atoms with Gasteiger partial charge in [-0.1, -0.05) is 12.1 Å². The number of amides is 2. The first-order valence-electron chi connectivity index (χ1n) is 13.2. The van der Waals surface area contributed by atoms with Crippen molar-refractivity contribution in [1.82, 2.24) is 10.2 Å². The molecule has 0 aliphatic rings. The molecule has 41 heavy (non-hydrogen) atoms. The van der Waals surface area contributed by atoms with Gasteiger partial charge in [-0.25, -0.2) is 12.8 Å². The van der Waals surface area contributed by atoms with E-state index in [4.69, 9.17) is 9.47 Å². The van der Waals surface area contributed by atoms with E-state index < -0.39 is 34.3 Å². The van der Waals surface area contributed by atoms with Crippen LogP contribution in [-0.4, -0.2) is 57.5 Å². The second-order valence-electron chi connectivity index (χ2n) is 9.60. The summed E-state index contributed by atoms with van der Waals surface area (Å²) in [6.45, 7) is 6.86. The highest BCUT2D eigenvalue weighted by molar-refractivity contribution is 7.92. The molecule has 0 saturated carbocycles. The molecule has 0 spiro atoms. The van der Waals surface area contributed by atoms with Crippen molar-refractivity contribution in [2.75, 3.05) is 24.6 Å². The number of hydrogen-bond donors (Lipinski definition) is 1. The molecule has 0 aliphatic heterocycles. The van der Waals surface area contributed by atoms with Crippen molar-refractivity contribution in [3.8, 4) is 11.5 Å². The highest BCUT2D eigenvalue weighted by atomic mass is 32.2. The summed E-state index contributed by atoms with van der Waals surface area (Å²) in [6, 6.07) is 16.6. The quantitative estimate of drug-likeness (QED) is 0.320. The van der Waals surface area contributed by atoms with Crippen molar-refractivity contribution < 1.29 is 31.9 Å². The molecule has 0 fully saturated rings. The first kappa shape index (κ1) is 31.4. The van der Waals surface area contributed by atoms with Crippen molar-refractivity contribution in [1.29, 1.82) is 0 Å². The van der Waals surface area contributed by atoms with Gasteiger partial charge in [-0.05, 0) is 93.9 Å². The third-order valence-corrected chi connectivity index (χ3v) is 7.99. The largest absolute Gasteiger partial charge is 0.497 e. The molecule has 220 valence electrons. The summed E-state index contributed by atoms with van der Waals surface area (Å²) >= 11 is 0. The van der Waals surface area contributed by atoms with E-state index >= 15 is 0 Å². The van der Waals surface area contributed by atoms with Crippen molar-refractivity contribution in [2.45, 2.75) is 51.2 Å². The van der Waals surface area contributed by atoms with Gasteiger partial charge < -0.3 is 19.7 Å². The topological polar surface area (TPSA) is 105 Å². The van der Waals surface area contributed by atoms with Gasteiger partial charge in [0.15, 0.2) is 0 Å². The third-order valence-electron chi connectivity index (χ3n) is 6.20. The number of anilines is 1. The minimum absolute atomic E-state index is 0.0242. The number of sulfonamides is 1. The molecule has 11 heteroatoms. The monoisotopic (exact) mass is 585 g/mol. The molecule has 9 nitrogen and oxygen atoms in total. The molecule has 0 bridgehead atoms. The number of benzene rings is 3. The molecule has 3 aromatic rings. The van der Waals surface area contributed by atoms with Gasteiger partial charge in [0.1, 0.15) is 29.9 Å². The fourth-order valence-corrected chi connectivity index (χ4v) is 5.51. The van der Waals surface area contributed by atoms with E-state index in [1.54, 1.807) is 43.3 Å². The van der Waals surface area contributed by atoms with E-state index in [-0.39, 0.29) is 29.1 Å². The van der Waals surface area contributed by atoms with E-state index in [0.29, 0.717) is 23.7 Å². The van der Waals surface area contributed by atoms with Gasteiger partial charge in [-0.3, -0.25) is 13.9 Å². The zero-order valence-electron chi connectivity index (χ0n) is 23.8. The molecule has 3 aromatic carbocycles. The Bertz CT molecular complexity index is 1430. The van der Waals surface area contributed by atoms with Crippen LogP contribution in [-0.2, 0) is 26.2 Å². The maximum Gasteiger partial charge on any atom is 0.264 e. The highest BCUT2D eigenvalue weighted by Crippen LogP contribution is 2.27. The van der Waals surface area contributed by atoms with Crippen LogP contribution in [0.5, 0.6) is 11.5 Å². The van der Waals surface area contributed by atoms with Gasteiger partial charge in [-0.15, -0.1) is 0 Å². The summed E-state index contributed by atoms with van der Waals surface area (Å²) in [5, 5.41) is 2.81. The maximum atomic E-state index is 13.9.